The third-order valence-corrected chi connectivity index (χ3v) is 6.32. The predicted molar refractivity (Wildman–Crippen MR) is 129 cm³/mol. The van der Waals surface area contributed by atoms with Gasteiger partial charge in [0.2, 0.25) is 5.91 Å². The van der Waals surface area contributed by atoms with Gasteiger partial charge in [0, 0.05) is 43.0 Å². The van der Waals surface area contributed by atoms with Crippen molar-refractivity contribution in [2.45, 2.75) is 33.7 Å². The summed E-state index contributed by atoms with van der Waals surface area (Å²) in [5.41, 5.74) is 3.09. The smallest absolute Gasteiger partial charge is 0.275 e. The Kier molecular flexibility index (Phi) is 6.17. The van der Waals surface area contributed by atoms with Gasteiger partial charge in [-0.1, -0.05) is 38.4 Å². The minimum Gasteiger partial charge on any atom is -0.354 e. The van der Waals surface area contributed by atoms with Crippen LogP contribution in [0.3, 0.4) is 0 Å². The zero-order valence-electron chi connectivity index (χ0n) is 18.1. The normalized spacial score (nSPS) is 11.8. The molecule has 2 N–H and O–H groups in total. The largest absolute Gasteiger partial charge is 0.354 e. The van der Waals surface area contributed by atoms with Crippen LogP contribution in [0.2, 0.25) is 5.02 Å². The van der Waals surface area contributed by atoms with E-state index in [1.165, 1.54) is 17.7 Å². The number of hydrogen-bond acceptors (Lipinski definition) is 5. The molecule has 1 amide bonds. The third kappa shape index (κ3) is 4.47. The van der Waals surface area contributed by atoms with Crippen molar-refractivity contribution in [3.63, 3.8) is 0 Å². The van der Waals surface area contributed by atoms with E-state index < -0.39 is 0 Å². The van der Waals surface area contributed by atoms with Crippen molar-refractivity contribution in [1.82, 2.24) is 24.8 Å². The second-order valence-electron chi connectivity index (χ2n) is 8.73. The summed E-state index contributed by atoms with van der Waals surface area (Å²) in [4.78, 5) is 37.5. The van der Waals surface area contributed by atoms with Crippen molar-refractivity contribution in [3.8, 4) is 21.7 Å². The van der Waals surface area contributed by atoms with Gasteiger partial charge in [-0.15, -0.1) is 11.3 Å². The van der Waals surface area contributed by atoms with Crippen LogP contribution >= 0.6 is 22.9 Å². The van der Waals surface area contributed by atoms with Crippen LogP contribution in [-0.4, -0.2) is 32.0 Å². The second-order valence-corrected chi connectivity index (χ2v) is 10.1. The Morgan fingerprint density at radius 2 is 2.12 bits per heavy atom. The predicted octanol–water partition coefficient (Wildman–Crippen LogP) is 4.72. The molecule has 0 bridgehead atoms. The second kappa shape index (κ2) is 8.88. The number of carbonyl (C=O) groups is 1. The topological polar surface area (TPSA) is 92.7 Å². The van der Waals surface area contributed by atoms with Gasteiger partial charge in [0.05, 0.1) is 21.9 Å². The van der Waals surface area contributed by atoms with E-state index in [1.54, 1.807) is 12.4 Å². The summed E-state index contributed by atoms with van der Waals surface area (Å²) < 4.78 is 1.90. The van der Waals surface area contributed by atoms with E-state index in [9.17, 15) is 9.59 Å². The monoisotopic (exact) mass is 469 g/mol. The van der Waals surface area contributed by atoms with E-state index in [-0.39, 0.29) is 16.9 Å². The van der Waals surface area contributed by atoms with Crippen LogP contribution in [0, 0.1) is 5.41 Å². The molecule has 0 aliphatic rings. The van der Waals surface area contributed by atoms with E-state index >= 15 is 0 Å². The van der Waals surface area contributed by atoms with Crippen LogP contribution in [0.4, 0.5) is 0 Å². The first-order chi connectivity index (χ1) is 15.3. The molecule has 0 radical (unpaired) electrons. The highest BCUT2D eigenvalue weighted by atomic mass is 35.5. The van der Waals surface area contributed by atoms with Crippen molar-refractivity contribution < 1.29 is 4.79 Å². The van der Waals surface area contributed by atoms with E-state index in [4.69, 9.17) is 11.6 Å². The number of pyridine rings is 1. The number of fused-ring (bicyclic) bond motifs is 1. The molecule has 9 heteroatoms. The van der Waals surface area contributed by atoms with Gasteiger partial charge in [-0.05, 0) is 22.9 Å². The number of halogens is 1. The Hall–Kier alpha value is -2.97. The van der Waals surface area contributed by atoms with Crippen molar-refractivity contribution in [3.05, 3.63) is 57.7 Å². The molecule has 4 rings (SSSR count). The van der Waals surface area contributed by atoms with Crippen molar-refractivity contribution >= 4 is 39.9 Å². The van der Waals surface area contributed by atoms with Crippen LogP contribution < -0.4 is 10.9 Å². The van der Waals surface area contributed by atoms with Gasteiger partial charge in [0.25, 0.3) is 5.56 Å². The number of nitrogens with zero attached hydrogens (tertiary/aromatic N) is 3. The van der Waals surface area contributed by atoms with Crippen LogP contribution in [-0.2, 0) is 11.3 Å². The summed E-state index contributed by atoms with van der Waals surface area (Å²) in [7, 11) is 0. The van der Waals surface area contributed by atoms with Crippen molar-refractivity contribution in [1.29, 1.82) is 0 Å². The molecule has 0 saturated carbocycles. The van der Waals surface area contributed by atoms with Crippen LogP contribution in [0.15, 0.2) is 47.1 Å². The van der Waals surface area contributed by atoms with Gasteiger partial charge in [-0.2, -0.15) is 0 Å². The first-order valence-corrected chi connectivity index (χ1v) is 11.5. The SMILES string of the molecule is CC(C)(C)CC(=O)NCCn1c(-c2sccc2Cl)c(-c2cccnc2)c2nc[nH]c(=O)c21. The fourth-order valence-electron chi connectivity index (χ4n) is 3.74. The van der Waals surface area contributed by atoms with E-state index in [0.29, 0.717) is 35.6 Å². The number of aromatic nitrogens is 4. The number of thiophene rings is 1. The molecule has 4 heterocycles. The molecule has 0 saturated heterocycles. The van der Waals surface area contributed by atoms with Crippen molar-refractivity contribution in [2.24, 2.45) is 5.41 Å². The molecule has 4 aromatic rings. The highest BCUT2D eigenvalue weighted by Gasteiger charge is 2.25. The van der Waals surface area contributed by atoms with Crippen LogP contribution in [0.25, 0.3) is 32.7 Å². The Bertz CT molecular complexity index is 1320. The molecule has 166 valence electrons. The highest BCUT2D eigenvalue weighted by molar-refractivity contribution is 7.14. The fraction of sp³-hybridized carbons (Fsp3) is 0.304. The number of rotatable bonds is 6. The first kappa shape index (κ1) is 22.2. The van der Waals surface area contributed by atoms with E-state index in [2.05, 4.69) is 20.3 Å². The van der Waals surface area contributed by atoms with E-state index in [0.717, 1.165) is 21.7 Å². The number of nitrogens with one attached hydrogen (secondary N) is 2. The first-order valence-electron chi connectivity index (χ1n) is 10.3. The molecule has 0 atom stereocenters. The Morgan fingerprint density at radius 1 is 1.31 bits per heavy atom. The van der Waals surface area contributed by atoms with Gasteiger partial charge < -0.3 is 14.9 Å². The molecule has 0 aliphatic carbocycles. The Morgan fingerprint density at radius 3 is 2.78 bits per heavy atom. The molecule has 4 aromatic heterocycles. The van der Waals surface area contributed by atoms with Gasteiger partial charge >= 0.3 is 0 Å². The zero-order valence-corrected chi connectivity index (χ0v) is 19.7. The molecule has 0 spiro atoms. The van der Waals surface area contributed by atoms with Gasteiger partial charge in [-0.25, -0.2) is 4.98 Å². The maximum atomic E-state index is 12.9. The fourth-order valence-corrected chi connectivity index (χ4v) is 4.95. The lowest BCUT2D eigenvalue weighted by Crippen LogP contribution is -2.30. The van der Waals surface area contributed by atoms with E-state index in [1.807, 2.05) is 48.9 Å². The third-order valence-electron chi connectivity index (χ3n) is 4.97. The summed E-state index contributed by atoms with van der Waals surface area (Å²) >= 11 is 8.03. The molecule has 32 heavy (non-hydrogen) atoms. The van der Waals surface area contributed by atoms with Gasteiger partial charge in [0.1, 0.15) is 11.0 Å². The molecule has 0 unspecified atom stereocenters. The van der Waals surface area contributed by atoms with Gasteiger partial charge in [0.15, 0.2) is 0 Å². The number of amides is 1. The Balaban J connectivity index is 1.85. The summed E-state index contributed by atoms with van der Waals surface area (Å²) in [6.07, 6.45) is 5.27. The quantitative estimate of drug-likeness (QED) is 0.427. The van der Waals surface area contributed by atoms with Crippen LogP contribution in [0.1, 0.15) is 27.2 Å². The maximum absolute atomic E-state index is 12.9. The molecular formula is C23H24ClN5O2S. The highest BCUT2D eigenvalue weighted by Crippen LogP contribution is 2.43. The zero-order chi connectivity index (χ0) is 22.9. The number of aromatic amines is 1. The molecule has 0 fully saturated rings. The average Bonchev–Trinajstić information content (AvgIpc) is 3.29. The minimum atomic E-state index is -0.250. The lowest BCUT2D eigenvalue weighted by molar-refractivity contribution is -0.122. The molecule has 0 aliphatic heterocycles. The summed E-state index contributed by atoms with van der Waals surface area (Å²) in [6, 6.07) is 5.61. The number of carbonyl (C=O) groups excluding carboxylic acids is 1. The minimum absolute atomic E-state index is 0.0239. The summed E-state index contributed by atoms with van der Waals surface area (Å²) in [5.74, 6) is -0.0239. The van der Waals surface area contributed by atoms with Crippen molar-refractivity contribution in [2.75, 3.05) is 6.54 Å². The summed E-state index contributed by atoms with van der Waals surface area (Å²) in [6.45, 7) is 6.83. The maximum Gasteiger partial charge on any atom is 0.275 e. The average molecular weight is 470 g/mol. The van der Waals surface area contributed by atoms with Crippen LogP contribution in [0.5, 0.6) is 0 Å². The lowest BCUT2D eigenvalue weighted by atomic mass is 9.92. The van der Waals surface area contributed by atoms with Gasteiger partial charge in [-0.3, -0.25) is 14.6 Å². The number of H-pyrrole nitrogens is 1. The molecule has 7 nitrogen and oxygen atoms in total. The molecule has 0 aromatic carbocycles. The Labute approximate surface area is 194 Å². The number of hydrogen-bond donors (Lipinski definition) is 2. The lowest BCUT2D eigenvalue weighted by Gasteiger charge is -2.18. The standard InChI is InChI=1S/C23H24ClN5O2S/c1-23(2,3)11-16(30)26-8-9-29-19(21-15(24)6-10-32-21)17(14-5-4-7-25-12-14)18-20(29)22(31)28-13-27-18/h4-7,10,12-13H,8-9,11H2,1-3H3,(H,26,30)(H,27,28,31). The molecular weight excluding hydrogens is 446 g/mol. The summed E-state index contributed by atoms with van der Waals surface area (Å²) in [5, 5.41) is 5.48.